The van der Waals surface area contributed by atoms with E-state index in [1.54, 1.807) is 22.7 Å². The van der Waals surface area contributed by atoms with Crippen molar-refractivity contribution in [2.24, 2.45) is 5.73 Å². The standard InChI is InChI=1S/C10H11ClN2S2/c1-6(12)4-7-5-13-10(14-7)8-2-3-9(11)15-8/h2-3,5-6H,4,12H2,1H3. The number of thiazole rings is 1. The molecule has 0 amide bonds. The highest BCUT2D eigenvalue weighted by Crippen LogP contribution is 2.33. The lowest BCUT2D eigenvalue weighted by Gasteiger charge is -1.98. The molecular weight excluding hydrogens is 248 g/mol. The fraction of sp³-hybridized carbons (Fsp3) is 0.300. The van der Waals surface area contributed by atoms with Crippen LogP contribution in [0.1, 0.15) is 11.8 Å². The zero-order chi connectivity index (χ0) is 10.8. The molecule has 0 aliphatic heterocycles. The average Bonchev–Trinajstić information content (AvgIpc) is 2.72. The summed E-state index contributed by atoms with van der Waals surface area (Å²) in [6, 6.07) is 4.08. The number of aromatic nitrogens is 1. The van der Waals surface area contributed by atoms with Gasteiger partial charge in [0.05, 0.1) is 9.21 Å². The molecule has 0 fully saturated rings. The van der Waals surface area contributed by atoms with Crippen molar-refractivity contribution in [1.82, 2.24) is 4.98 Å². The minimum atomic E-state index is 0.185. The molecule has 1 atom stereocenters. The van der Waals surface area contributed by atoms with Crippen molar-refractivity contribution in [3.05, 3.63) is 27.5 Å². The highest BCUT2D eigenvalue weighted by Gasteiger charge is 2.08. The molecule has 0 aliphatic rings. The van der Waals surface area contributed by atoms with Gasteiger partial charge in [0, 0.05) is 17.1 Å². The summed E-state index contributed by atoms with van der Waals surface area (Å²) in [7, 11) is 0. The lowest BCUT2D eigenvalue weighted by atomic mass is 10.2. The van der Waals surface area contributed by atoms with Crippen molar-refractivity contribution in [2.45, 2.75) is 19.4 Å². The van der Waals surface area contributed by atoms with Gasteiger partial charge in [-0.15, -0.1) is 22.7 Å². The van der Waals surface area contributed by atoms with E-state index in [1.807, 2.05) is 25.3 Å². The molecule has 0 spiro atoms. The van der Waals surface area contributed by atoms with E-state index in [0.717, 1.165) is 20.6 Å². The second-order valence-electron chi connectivity index (χ2n) is 3.42. The minimum absolute atomic E-state index is 0.185. The summed E-state index contributed by atoms with van der Waals surface area (Å²) in [4.78, 5) is 6.72. The molecule has 0 aromatic carbocycles. The number of hydrogen-bond acceptors (Lipinski definition) is 4. The molecule has 2 N–H and O–H groups in total. The number of halogens is 1. The van der Waals surface area contributed by atoms with E-state index in [2.05, 4.69) is 4.98 Å². The van der Waals surface area contributed by atoms with Crippen LogP contribution in [-0.2, 0) is 6.42 Å². The smallest absolute Gasteiger partial charge is 0.133 e. The quantitative estimate of drug-likeness (QED) is 0.916. The number of nitrogens with two attached hydrogens (primary N) is 1. The molecule has 0 bridgehead atoms. The maximum Gasteiger partial charge on any atom is 0.133 e. The van der Waals surface area contributed by atoms with Crippen molar-refractivity contribution in [3.8, 4) is 9.88 Å². The van der Waals surface area contributed by atoms with Crippen LogP contribution in [0.2, 0.25) is 4.34 Å². The van der Waals surface area contributed by atoms with Crippen molar-refractivity contribution in [3.63, 3.8) is 0 Å². The van der Waals surface area contributed by atoms with Gasteiger partial charge in [-0.2, -0.15) is 0 Å². The summed E-state index contributed by atoms with van der Waals surface area (Å²) in [5, 5.41) is 1.03. The Labute approximate surface area is 102 Å². The predicted octanol–water partition coefficient (Wildman–Crippen LogP) is 3.41. The van der Waals surface area contributed by atoms with E-state index >= 15 is 0 Å². The second-order valence-corrected chi connectivity index (χ2v) is 6.25. The monoisotopic (exact) mass is 258 g/mol. The fourth-order valence-electron chi connectivity index (χ4n) is 1.26. The summed E-state index contributed by atoms with van der Waals surface area (Å²) in [5.41, 5.74) is 5.74. The van der Waals surface area contributed by atoms with Crippen LogP contribution in [-0.4, -0.2) is 11.0 Å². The maximum absolute atomic E-state index is 5.88. The lowest BCUT2D eigenvalue weighted by molar-refractivity contribution is 0.745. The Hall–Kier alpha value is -0.420. The summed E-state index contributed by atoms with van der Waals surface area (Å²) in [5.74, 6) is 0. The fourth-order valence-corrected chi connectivity index (χ4v) is 3.42. The Bertz CT molecular complexity index is 448. The van der Waals surface area contributed by atoms with Crippen LogP contribution in [0.15, 0.2) is 18.3 Å². The highest BCUT2D eigenvalue weighted by molar-refractivity contribution is 7.23. The van der Waals surface area contributed by atoms with Gasteiger partial charge in [0.1, 0.15) is 5.01 Å². The summed E-state index contributed by atoms with van der Waals surface area (Å²) < 4.78 is 0.800. The average molecular weight is 259 g/mol. The highest BCUT2D eigenvalue weighted by atomic mass is 35.5. The zero-order valence-electron chi connectivity index (χ0n) is 8.24. The van der Waals surface area contributed by atoms with Crippen LogP contribution in [0.4, 0.5) is 0 Å². The van der Waals surface area contributed by atoms with Gasteiger partial charge >= 0.3 is 0 Å². The lowest BCUT2D eigenvalue weighted by Crippen LogP contribution is -2.16. The van der Waals surface area contributed by atoms with Crippen LogP contribution in [0.3, 0.4) is 0 Å². The summed E-state index contributed by atoms with van der Waals surface area (Å²) in [6.45, 7) is 2.00. The molecule has 2 rings (SSSR count). The van der Waals surface area contributed by atoms with Gasteiger partial charge in [0.25, 0.3) is 0 Å². The Kier molecular flexibility index (Phi) is 3.41. The largest absolute Gasteiger partial charge is 0.328 e. The Morgan fingerprint density at radius 3 is 2.87 bits per heavy atom. The molecule has 1 unspecified atom stereocenters. The molecule has 80 valence electrons. The molecule has 0 saturated heterocycles. The van der Waals surface area contributed by atoms with Crippen LogP contribution in [0.25, 0.3) is 9.88 Å². The molecule has 2 nitrogen and oxygen atoms in total. The van der Waals surface area contributed by atoms with Crippen molar-refractivity contribution in [2.75, 3.05) is 0 Å². The van der Waals surface area contributed by atoms with Gasteiger partial charge in [0.2, 0.25) is 0 Å². The van der Waals surface area contributed by atoms with Gasteiger partial charge in [-0.05, 0) is 25.5 Å². The van der Waals surface area contributed by atoms with E-state index in [0.29, 0.717) is 0 Å². The first-order chi connectivity index (χ1) is 7.15. The van der Waals surface area contributed by atoms with Crippen LogP contribution >= 0.6 is 34.3 Å². The normalized spacial score (nSPS) is 13.0. The van der Waals surface area contributed by atoms with E-state index in [1.165, 1.54) is 4.88 Å². The van der Waals surface area contributed by atoms with Crippen LogP contribution in [0, 0.1) is 0 Å². The van der Waals surface area contributed by atoms with Gasteiger partial charge in [-0.1, -0.05) is 11.6 Å². The SMILES string of the molecule is CC(N)Cc1cnc(-c2ccc(Cl)s2)s1. The molecule has 0 radical (unpaired) electrons. The number of thiophene rings is 1. The molecule has 15 heavy (non-hydrogen) atoms. The Morgan fingerprint density at radius 1 is 1.47 bits per heavy atom. The van der Waals surface area contributed by atoms with E-state index in [9.17, 15) is 0 Å². The minimum Gasteiger partial charge on any atom is -0.328 e. The third-order valence-corrected chi connectivity index (χ3v) is 4.28. The van der Waals surface area contributed by atoms with E-state index in [-0.39, 0.29) is 6.04 Å². The molecule has 0 saturated carbocycles. The number of rotatable bonds is 3. The predicted molar refractivity (Wildman–Crippen MR) is 67.8 cm³/mol. The zero-order valence-corrected chi connectivity index (χ0v) is 10.6. The Balaban J connectivity index is 2.20. The van der Waals surface area contributed by atoms with Crippen LogP contribution in [0.5, 0.6) is 0 Å². The van der Waals surface area contributed by atoms with E-state index < -0.39 is 0 Å². The van der Waals surface area contributed by atoms with Gasteiger partial charge in [0.15, 0.2) is 0 Å². The topological polar surface area (TPSA) is 38.9 Å². The first-order valence-electron chi connectivity index (χ1n) is 4.61. The first-order valence-corrected chi connectivity index (χ1v) is 6.62. The third kappa shape index (κ3) is 2.78. The maximum atomic E-state index is 5.88. The summed E-state index contributed by atoms with van der Waals surface area (Å²) >= 11 is 9.12. The molecule has 2 aromatic rings. The van der Waals surface area contributed by atoms with Gasteiger partial charge < -0.3 is 5.73 Å². The van der Waals surface area contributed by atoms with Gasteiger partial charge in [-0.3, -0.25) is 0 Å². The van der Waals surface area contributed by atoms with Crippen molar-refractivity contribution < 1.29 is 0 Å². The first kappa shape index (κ1) is 11.1. The van der Waals surface area contributed by atoms with Crippen LogP contribution < -0.4 is 5.73 Å². The third-order valence-electron chi connectivity index (χ3n) is 1.86. The van der Waals surface area contributed by atoms with E-state index in [4.69, 9.17) is 17.3 Å². The summed E-state index contributed by atoms with van der Waals surface area (Å²) in [6.07, 6.45) is 2.79. The molecule has 2 heterocycles. The molecule has 0 aliphatic carbocycles. The molecule has 2 aromatic heterocycles. The second kappa shape index (κ2) is 4.61. The molecular formula is C10H11ClN2S2. The molecule has 5 heteroatoms. The number of nitrogens with zero attached hydrogens (tertiary/aromatic N) is 1. The number of hydrogen-bond donors (Lipinski definition) is 1. The Morgan fingerprint density at radius 2 is 2.27 bits per heavy atom. The van der Waals surface area contributed by atoms with Crippen molar-refractivity contribution in [1.29, 1.82) is 0 Å². The van der Waals surface area contributed by atoms with Gasteiger partial charge in [-0.25, -0.2) is 4.98 Å². The van der Waals surface area contributed by atoms with Crippen molar-refractivity contribution >= 4 is 34.3 Å².